The standard InChI is InChI=1S/C19H16ClNO2S/c1-15-12-13-19(18(20)14-15)24(22,23)21(16-8-4-2-5-9-16)17-10-6-3-7-11-17/h2-14H,1H3. The molecule has 0 unspecified atom stereocenters. The van der Waals surface area contributed by atoms with E-state index in [9.17, 15) is 8.42 Å². The van der Waals surface area contributed by atoms with Crippen molar-refractivity contribution in [2.75, 3.05) is 4.31 Å². The Kier molecular flexibility index (Phi) is 4.60. The summed E-state index contributed by atoms with van der Waals surface area (Å²) in [7, 11) is -3.85. The third kappa shape index (κ3) is 3.16. The van der Waals surface area contributed by atoms with Crippen molar-refractivity contribution in [2.24, 2.45) is 0 Å². The molecule has 3 rings (SSSR count). The molecule has 0 fully saturated rings. The van der Waals surface area contributed by atoms with Gasteiger partial charge in [0, 0.05) is 0 Å². The van der Waals surface area contributed by atoms with Gasteiger partial charge in [0.25, 0.3) is 10.0 Å². The van der Waals surface area contributed by atoms with Crippen molar-refractivity contribution in [3.05, 3.63) is 89.4 Å². The molecule has 0 aliphatic rings. The summed E-state index contributed by atoms with van der Waals surface area (Å²) < 4.78 is 27.9. The fraction of sp³-hybridized carbons (Fsp3) is 0.0526. The molecule has 0 saturated carbocycles. The van der Waals surface area contributed by atoms with Crippen LogP contribution in [-0.4, -0.2) is 8.42 Å². The molecule has 0 amide bonds. The molecule has 122 valence electrons. The first-order valence-corrected chi connectivity index (χ1v) is 9.23. The van der Waals surface area contributed by atoms with Crippen LogP contribution in [-0.2, 0) is 10.0 Å². The van der Waals surface area contributed by atoms with Crippen LogP contribution >= 0.6 is 11.6 Å². The first-order valence-electron chi connectivity index (χ1n) is 7.42. The zero-order chi connectivity index (χ0) is 17.2. The molecule has 0 spiro atoms. The summed E-state index contributed by atoms with van der Waals surface area (Å²) in [6.45, 7) is 1.87. The smallest absolute Gasteiger partial charge is 0.234 e. The molecule has 24 heavy (non-hydrogen) atoms. The van der Waals surface area contributed by atoms with Crippen LogP contribution in [0.1, 0.15) is 5.56 Å². The largest absolute Gasteiger partial charge is 0.270 e. The Balaban J connectivity index is 2.22. The number of nitrogens with zero attached hydrogens (tertiary/aromatic N) is 1. The highest BCUT2D eigenvalue weighted by molar-refractivity contribution is 7.93. The highest BCUT2D eigenvalue weighted by Crippen LogP contribution is 2.34. The molecule has 0 aliphatic carbocycles. The van der Waals surface area contributed by atoms with Crippen LogP contribution in [0.3, 0.4) is 0 Å². The number of hydrogen-bond donors (Lipinski definition) is 0. The van der Waals surface area contributed by atoms with Crippen LogP contribution in [0.2, 0.25) is 5.02 Å². The van der Waals surface area contributed by atoms with Crippen LogP contribution in [0.5, 0.6) is 0 Å². The van der Waals surface area contributed by atoms with Crippen LogP contribution in [0, 0.1) is 6.92 Å². The highest BCUT2D eigenvalue weighted by Gasteiger charge is 2.28. The Hall–Kier alpha value is -2.30. The van der Waals surface area contributed by atoms with Crippen LogP contribution in [0.4, 0.5) is 11.4 Å². The van der Waals surface area contributed by atoms with Gasteiger partial charge in [-0.05, 0) is 48.9 Å². The van der Waals surface area contributed by atoms with Gasteiger partial charge in [-0.1, -0.05) is 54.1 Å². The van der Waals surface area contributed by atoms with E-state index in [0.717, 1.165) is 5.56 Å². The number of anilines is 2. The average Bonchev–Trinajstić information content (AvgIpc) is 2.56. The Morgan fingerprint density at radius 2 is 1.29 bits per heavy atom. The second-order valence-corrected chi connectivity index (χ2v) is 7.54. The fourth-order valence-corrected chi connectivity index (χ4v) is 4.53. The number of para-hydroxylation sites is 2. The van der Waals surface area contributed by atoms with E-state index in [-0.39, 0.29) is 9.92 Å². The highest BCUT2D eigenvalue weighted by atomic mass is 35.5. The lowest BCUT2D eigenvalue weighted by atomic mass is 10.2. The summed E-state index contributed by atoms with van der Waals surface area (Å²) in [5.41, 5.74) is 2.02. The fourth-order valence-electron chi connectivity index (χ4n) is 2.47. The normalized spacial score (nSPS) is 11.2. The number of rotatable bonds is 4. The Morgan fingerprint density at radius 1 is 0.792 bits per heavy atom. The molecule has 3 aromatic rings. The van der Waals surface area contributed by atoms with E-state index in [2.05, 4.69) is 0 Å². The Morgan fingerprint density at radius 3 is 1.75 bits per heavy atom. The van der Waals surface area contributed by atoms with Gasteiger partial charge >= 0.3 is 0 Å². The van der Waals surface area contributed by atoms with Crippen molar-refractivity contribution in [1.82, 2.24) is 0 Å². The summed E-state index contributed by atoms with van der Waals surface area (Å²) in [6, 6.07) is 22.9. The third-order valence-electron chi connectivity index (χ3n) is 3.59. The zero-order valence-corrected chi connectivity index (χ0v) is 14.6. The van der Waals surface area contributed by atoms with Crippen molar-refractivity contribution >= 4 is 33.0 Å². The van der Waals surface area contributed by atoms with E-state index in [4.69, 9.17) is 11.6 Å². The van der Waals surface area contributed by atoms with E-state index in [0.29, 0.717) is 11.4 Å². The van der Waals surface area contributed by atoms with Gasteiger partial charge in [-0.3, -0.25) is 0 Å². The van der Waals surface area contributed by atoms with Crippen LogP contribution in [0.15, 0.2) is 83.8 Å². The molecule has 3 aromatic carbocycles. The zero-order valence-electron chi connectivity index (χ0n) is 13.1. The quantitative estimate of drug-likeness (QED) is 0.645. The number of benzene rings is 3. The maximum atomic E-state index is 13.3. The van der Waals surface area contributed by atoms with Gasteiger partial charge < -0.3 is 0 Å². The summed E-state index contributed by atoms with van der Waals surface area (Å²) >= 11 is 6.23. The molecular weight excluding hydrogens is 342 g/mol. The van der Waals surface area contributed by atoms with Crippen molar-refractivity contribution in [3.63, 3.8) is 0 Å². The monoisotopic (exact) mass is 357 g/mol. The van der Waals surface area contributed by atoms with E-state index >= 15 is 0 Å². The van der Waals surface area contributed by atoms with Crippen LogP contribution < -0.4 is 4.31 Å². The molecule has 0 atom stereocenters. The van der Waals surface area contributed by atoms with Crippen molar-refractivity contribution in [3.8, 4) is 0 Å². The van der Waals surface area contributed by atoms with Crippen molar-refractivity contribution in [1.29, 1.82) is 0 Å². The van der Waals surface area contributed by atoms with E-state index in [1.807, 2.05) is 19.1 Å². The predicted molar refractivity (Wildman–Crippen MR) is 98.4 cm³/mol. The molecule has 0 saturated heterocycles. The van der Waals surface area contributed by atoms with Gasteiger partial charge in [0.2, 0.25) is 0 Å². The summed E-state index contributed by atoms with van der Waals surface area (Å²) in [6.07, 6.45) is 0. The lowest BCUT2D eigenvalue weighted by Gasteiger charge is -2.25. The van der Waals surface area contributed by atoms with Crippen molar-refractivity contribution < 1.29 is 8.42 Å². The third-order valence-corrected chi connectivity index (χ3v) is 5.83. The number of halogens is 1. The molecular formula is C19H16ClNO2S. The van der Waals surface area contributed by atoms with Crippen LogP contribution in [0.25, 0.3) is 0 Å². The minimum Gasteiger partial charge on any atom is -0.234 e. The maximum Gasteiger partial charge on any atom is 0.270 e. The van der Waals surface area contributed by atoms with Crippen molar-refractivity contribution in [2.45, 2.75) is 11.8 Å². The van der Waals surface area contributed by atoms with E-state index < -0.39 is 10.0 Å². The van der Waals surface area contributed by atoms with E-state index in [1.54, 1.807) is 66.7 Å². The number of hydrogen-bond acceptors (Lipinski definition) is 2. The van der Waals surface area contributed by atoms with Gasteiger partial charge in [0.05, 0.1) is 16.4 Å². The summed E-state index contributed by atoms with van der Waals surface area (Å²) in [5.74, 6) is 0. The van der Waals surface area contributed by atoms with Gasteiger partial charge in [0.15, 0.2) is 0 Å². The molecule has 0 bridgehead atoms. The molecule has 0 N–H and O–H groups in total. The minimum atomic E-state index is -3.85. The van der Waals surface area contributed by atoms with E-state index in [1.165, 1.54) is 4.31 Å². The Labute approximate surface area is 147 Å². The molecule has 5 heteroatoms. The second-order valence-electron chi connectivity index (χ2n) is 5.37. The minimum absolute atomic E-state index is 0.0856. The first kappa shape index (κ1) is 16.6. The SMILES string of the molecule is Cc1ccc(S(=O)(=O)N(c2ccccc2)c2ccccc2)c(Cl)c1. The maximum absolute atomic E-state index is 13.3. The number of sulfonamides is 1. The lowest BCUT2D eigenvalue weighted by molar-refractivity contribution is 0.596. The number of aryl methyl sites for hydroxylation is 1. The Bertz CT molecular complexity index is 902. The summed E-state index contributed by atoms with van der Waals surface area (Å²) in [5, 5.41) is 0.215. The van der Waals surface area contributed by atoms with Gasteiger partial charge in [0.1, 0.15) is 4.90 Å². The van der Waals surface area contributed by atoms with Gasteiger partial charge in [-0.25, -0.2) is 12.7 Å². The second kappa shape index (κ2) is 6.67. The molecule has 0 aliphatic heterocycles. The molecule has 0 radical (unpaired) electrons. The lowest BCUT2D eigenvalue weighted by Crippen LogP contribution is -2.26. The first-order chi connectivity index (χ1) is 11.5. The molecule has 3 nitrogen and oxygen atoms in total. The predicted octanol–water partition coefficient (Wildman–Crippen LogP) is 5.18. The molecule has 0 heterocycles. The van der Waals surface area contributed by atoms with Gasteiger partial charge in [-0.15, -0.1) is 0 Å². The topological polar surface area (TPSA) is 37.4 Å². The van der Waals surface area contributed by atoms with Gasteiger partial charge in [-0.2, -0.15) is 0 Å². The average molecular weight is 358 g/mol. The molecule has 0 aromatic heterocycles. The summed E-state index contributed by atoms with van der Waals surface area (Å²) in [4.78, 5) is 0.0856.